The SMILES string of the molecule is Cc1cnn(CCNCc2cc(Br)cc([N+](=O)[O-])c2)c1. The second-order valence-electron chi connectivity index (χ2n) is 4.53. The van der Waals surface area contributed by atoms with Crippen molar-refractivity contribution < 1.29 is 4.92 Å². The quantitative estimate of drug-likeness (QED) is 0.499. The second-order valence-corrected chi connectivity index (χ2v) is 5.45. The first-order chi connectivity index (χ1) is 9.54. The van der Waals surface area contributed by atoms with Crippen LogP contribution in [0.15, 0.2) is 35.1 Å². The molecule has 2 aromatic rings. The molecule has 0 bridgehead atoms. The standard InChI is InChI=1S/C13H15BrN4O2/c1-10-7-16-17(9-10)3-2-15-8-11-4-12(14)6-13(5-11)18(19)20/h4-7,9,15H,2-3,8H2,1H3. The van der Waals surface area contributed by atoms with E-state index < -0.39 is 0 Å². The van der Waals surface area contributed by atoms with Gasteiger partial charge in [0.2, 0.25) is 0 Å². The molecule has 0 saturated heterocycles. The number of nitrogens with one attached hydrogen (secondary N) is 1. The van der Waals surface area contributed by atoms with Crippen LogP contribution in [0.3, 0.4) is 0 Å². The third-order valence-electron chi connectivity index (χ3n) is 2.76. The number of non-ortho nitro benzene ring substituents is 1. The Hall–Kier alpha value is -1.73. The lowest BCUT2D eigenvalue weighted by molar-refractivity contribution is -0.385. The molecule has 20 heavy (non-hydrogen) atoms. The molecular weight excluding hydrogens is 324 g/mol. The summed E-state index contributed by atoms with van der Waals surface area (Å²) >= 11 is 3.28. The zero-order chi connectivity index (χ0) is 14.5. The smallest absolute Gasteiger partial charge is 0.270 e. The maximum Gasteiger partial charge on any atom is 0.270 e. The first-order valence-electron chi connectivity index (χ1n) is 6.18. The van der Waals surface area contributed by atoms with Gasteiger partial charge in [0.05, 0.1) is 17.7 Å². The van der Waals surface area contributed by atoms with Crippen molar-refractivity contribution in [1.82, 2.24) is 15.1 Å². The third-order valence-corrected chi connectivity index (χ3v) is 3.22. The normalized spacial score (nSPS) is 10.7. The number of rotatable bonds is 6. The number of aromatic nitrogens is 2. The average Bonchev–Trinajstić information content (AvgIpc) is 2.80. The van der Waals surface area contributed by atoms with Crippen LogP contribution in [-0.2, 0) is 13.1 Å². The Morgan fingerprint density at radius 3 is 2.90 bits per heavy atom. The van der Waals surface area contributed by atoms with Gasteiger partial charge in [0.1, 0.15) is 0 Å². The fourth-order valence-corrected chi connectivity index (χ4v) is 2.38. The summed E-state index contributed by atoms with van der Waals surface area (Å²) in [5.74, 6) is 0. The fourth-order valence-electron chi connectivity index (χ4n) is 1.86. The number of nitro benzene ring substituents is 1. The molecule has 1 N–H and O–H groups in total. The summed E-state index contributed by atoms with van der Waals surface area (Å²) in [5, 5.41) is 18.2. The topological polar surface area (TPSA) is 73.0 Å². The summed E-state index contributed by atoms with van der Waals surface area (Å²) in [6.45, 7) is 4.10. The van der Waals surface area contributed by atoms with Gasteiger partial charge in [-0.3, -0.25) is 14.8 Å². The van der Waals surface area contributed by atoms with Crippen molar-refractivity contribution in [2.75, 3.05) is 6.54 Å². The molecule has 0 radical (unpaired) electrons. The number of hydrogen-bond acceptors (Lipinski definition) is 4. The Morgan fingerprint density at radius 2 is 2.25 bits per heavy atom. The van der Waals surface area contributed by atoms with E-state index >= 15 is 0 Å². The lowest BCUT2D eigenvalue weighted by Crippen LogP contribution is -2.19. The Kier molecular flexibility index (Phi) is 4.86. The van der Waals surface area contributed by atoms with Gasteiger partial charge in [-0.15, -0.1) is 0 Å². The molecule has 0 atom stereocenters. The molecule has 0 aliphatic carbocycles. The number of aryl methyl sites for hydroxylation is 1. The molecule has 0 fully saturated rings. The molecule has 6 nitrogen and oxygen atoms in total. The van der Waals surface area contributed by atoms with E-state index in [0.717, 1.165) is 24.2 Å². The van der Waals surface area contributed by atoms with Gasteiger partial charge in [-0.05, 0) is 24.1 Å². The Bertz CT molecular complexity index is 612. The van der Waals surface area contributed by atoms with E-state index in [0.29, 0.717) is 11.0 Å². The van der Waals surface area contributed by atoms with E-state index in [1.54, 1.807) is 6.07 Å². The van der Waals surface area contributed by atoms with Crippen LogP contribution in [0.2, 0.25) is 0 Å². The van der Waals surface area contributed by atoms with E-state index in [1.807, 2.05) is 30.1 Å². The summed E-state index contributed by atoms with van der Waals surface area (Å²) in [6, 6.07) is 4.95. The first kappa shape index (κ1) is 14.7. The molecule has 1 aromatic heterocycles. The Labute approximate surface area is 125 Å². The van der Waals surface area contributed by atoms with Crippen molar-refractivity contribution in [3.63, 3.8) is 0 Å². The molecule has 0 amide bonds. The van der Waals surface area contributed by atoms with Gasteiger partial charge in [-0.2, -0.15) is 5.10 Å². The molecule has 0 aliphatic heterocycles. The molecule has 0 unspecified atom stereocenters. The summed E-state index contributed by atoms with van der Waals surface area (Å²) in [5.41, 5.74) is 2.11. The van der Waals surface area contributed by atoms with Gasteiger partial charge in [0.25, 0.3) is 5.69 Å². The minimum atomic E-state index is -0.388. The maximum atomic E-state index is 10.8. The highest BCUT2D eigenvalue weighted by molar-refractivity contribution is 9.10. The molecule has 0 spiro atoms. The highest BCUT2D eigenvalue weighted by atomic mass is 79.9. The molecule has 7 heteroatoms. The van der Waals surface area contributed by atoms with Crippen molar-refractivity contribution >= 4 is 21.6 Å². The van der Waals surface area contributed by atoms with E-state index in [9.17, 15) is 10.1 Å². The molecule has 0 saturated carbocycles. The van der Waals surface area contributed by atoms with E-state index in [1.165, 1.54) is 6.07 Å². The van der Waals surface area contributed by atoms with Crippen LogP contribution >= 0.6 is 15.9 Å². The summed E-state index contributed by atoms with van der Waals surface area (Å²) < 4.78 is 2.58. The van der Waals surface area contributed by atoms with Crippen LogP contribution in [0.1, 0.15) is 11.1 Å². The predicted molar refractivity (Wildman–Crippen MR) is 79.5 cm³/mol. The fraction of sp³-hybridized carbons (Fsp3) is 0.308. The Morgan fingerprint density at radius 1 is 1.45 bits per heavy atom. The average molecular weight is 339 g/mol. The highest BCUT2D eigenvalue weighted by Crippen LogP contribution is 2.21. The highest BCUT2D eigenvalue weighted by Gasteiger charge is 2.08. The summed E-state index contributed by atoms with van der Waals surface area (Å²) in [7, 11) is 0. The van der Waals surface area contributed by atoms with Crippen molar-refractivity contribution in [3.8, 4) is 0 Å². The molecule has 106 valence electrons. The number of hydrogen-bond donors (Lipinski definition) is 1. The van der Waals surface area contributed by atoms with Crippen LogP contribution in [0.25, 0.3) is 0 Å². The largest absolute Gasteiger partial charge is 0.311 e. The first-order valence-corrected chi connectivity index (χ1v) is 6.97. The second kappa shape index (κ2) is 6.62. The minimum absolute atomic E-state index is 0.0962. The Balaban J connectivity index is 1.86. The van der Waals surface area contributed by atoms with E-state index in [-0.39, 0.29) is 10.6 Å². The zero-order valence-electron chi connectivity index (χ0n) is 11.0. The van der Waals surface area contributed by atoms with Gasteiger partial charge in [-0.1, -0.05) is 15.9 Å². The van der Waals surface area contributed by atoms with E-state index in [4.69, 9.17) is 0 Å². The minimum Gasteiger partial charge on any atom is -0.311 e. The molecule has 0 aliphatic rings. The monoisotopic (exact) mass is 338 g/mol. The van der Waals surface area contributed by atoms with Crippen LogP contribution in [0.5, 0.6) is 0 Å². The molecular formula is C13H15BrN4O2. The lowest BCUT2D eigenvalue weighted by atomic mass is 10.2. The van der Waals surface area contributed by atoms with Gasteiger partial charge < -0.3 is 5.32 Å². The summed E-state index contributed by atoms with van der Waals surface area (Å²) in [4.78, 5) is 10.4. The molecule has 1 heterocycles. The van der Waals surface area contributed by atoms with Gasteiger partial charge >= 0.3 is 0 Å². The van der Waals surface area contributed by atoms with Crippen LogP contribution in [0.4, 0.5) is 5.69 Å². The summed E-state index contributed by atoms with van der Waals surface area (Å²) in [6.07, 6.45) is 3.79. The van der Waals surface area contributed by atoms with E-state index in [2.05, 4.69) is 26.3 Å². The van der Waals surface area contributed by atoms with Crippen molar-refractivity contribution in [2.24, 2.45) is 0 Å². The third kappa shape index (κ3) is 4.14. The molecule has 2 rings (SSSR count). The van der Waals surface area contributed by atoms with Crippen molar-refractivity contribution in [1.29, 1.82) is 0 Å². The maximum absolute atomic E-state index is 10.8. The zero-order valence-corrected chi connectivity index (χ0v) is 12.6. The van der Waals surface area contributed by atoms with Crippen LogP contribution in [0, 0.1) is 17.0 Å². The van der Waals surface area contributed by atoms with Crippen LogP contribution in [-0.4, -0.2) is 21.2 Å². The van der Waals surface area contributed by atoms with Crippen molar-refractivity contribution in [2.45, 2.75) is 20.0 Å². The lowest BCUT2D eigenvalue weighted by Gasteiger charge is -2.06. The molecule has 1 aromatic carbocycles. The van der Waals surface area contributed by atoms with Crippen LogP contribution < -0.4 is 5.32 Å². The number of halogens is 1. The predicted octanol–water partition coefficient (Wildman–Crippen LogP) is 2.65. The number of nitro groups is 1. The number of nitrogens with zero attached hydrogens (tertiary/aromatic N) is 3. The number of benzene rings is 1. The van der Waals surface area contributed by atoms with Gasteiger partial charge in [-0.25, -0.2) is 0 Å². The van der Waals surface area contributed by atoms with Gasteiger partial charge in [0.15, 0.2) is 0 Å². The van der Waals surface area contributed by atoms with Gasteiger partial charge in [0, 0.05) is 35.9 Å². The van der Waals surface area contributed by atoms with Crippen molar-refractivity contribution in [3.05, 3.63) is 56.3 Å².